The zero-order valence-electron chi connectivity index (χ0n) is 13.2. The van der Waals surface area contributed by atoms with Gasteiger partial charge >= 0.3 is 5.97 Å². The summed E-state index contributed by atoms with van der Waals surface area (Å²) in [7, 11) is 0. The molecule has 0 radical (unpaired) electrons. The fraction of sp³-hybridized carbons (Fsp3) is 0.588. The number of hydrogen-bond acceptors (Lipinski definition) is 3. The maximum absolute atomic E-state index is 12.6. The first kappa shape index (κ1) is 16.2. The number of carbonyl (C=O) groups excluding carboxylic acids is 1. The van der Waals surface area contributed by atoms with Crippen molar-refractivity contribution in [3.8, 4) is 0 Å². The van der Waals surface area contributed by atoms with Crippen LogP contribution in [0.3, 0.4) is 0 Å². The van der Waals surface area contributed by atoms with Crippen molar-refractivity contribution in [3.63, 3.8) is 0 Å². The largest absolute Gasteiger partial charge is 0.464 e. The predicted molar refractivity (Wildman–Crippen MR) is 86.6 cm³/mol. The zero-order valence-corrected chi connectivity index (χ0v) is 14.0. The highest BCUT2D eigenvalue weighted by Crippen LogP contribution is 2.49. The van der Waals surface area contributed by atoms with E-state index in [0.29, 0.717) is 11.6 Å². The number of hydrogen-bond donors (Lipinski definition) is 1. The van der Waals surface area contributed by atoms with Crippen LogP contribution in [0, 0.1) is 11.3 Å². The lowest BCUT2D eigenvalue weighted by Gasteiger charge is -2.34. The molecule has 3 nitrogen and oxygen atoms in total. The van der Waals surface area contributed by atoms with Crippen LogP contribution in [0.5, 0.6) is 0 Å². The molecule has 0 saturated heterocycles. The highest BCUT2D eigenvalue weighted by atomic mass is 35.5. The Morgan fingerprint density at radius 1 is 1.38 bits per heavy atom. The molecular formula is C17H24ClNO2. The second kappa shape index (κ2) is 5.88. The van der Waals surface area contributed by atoms with Crippen LogP contribution >= 0.6 is 11.6 Å². The van der Waals surface area contributed by atoms with Crippen molar-refractivity contribution < 1.29 is 9.53 Å². The Morgan fingerprint density at radius 3 is 2.48 bits per heavy atom. The van der Waals surface area contributed by atoms with E-state index in [2.05, 4.69) is 26.1 Å². The van der Waals surface area contributed by atoms with Crippen LogP contribution in [-0.2, 0) is 9.53 Å². The molecular weight excluding hydrogens is 286 g/mol. The van der Waals surface area contributed by atoms with Crippen molar-refractivity contribution in [2.24, 2.45) is 11.3 Å². The van der Waals surface area contributed by atoms with E-state index in [9.17, 15) is 4.79 Å². The molecule has 1 aliphatic carbocycles. The van der Waals surface area contributed by atoms with E-state index in [1.807, 2.05) is 31.2 Å². The van der Waals surface area contributed by atoms with E-state index in [-0.39, 0.29) is 17.3 Å². The number of carbonyl (C=O) groups is 1. The van der Waals surface area contributed by atoms with E-state index in [4.69, 9.17) is 16.3 Å². The number of rotatable bonds is 4. The van der Waals surface area contributed by atoms with Gasteiger partial charge in [0.25, 0.3) is 0 Å². The summed E-state index contributed by atoms with van der Waals surface area (Å²) in [5.74, 6) is 0.0558. The van der Waals surface area contributed by atoms with Gasteiger partial charge in [0.15, 0.2) is 0 Å². The lowest BCUT2D eigenvalue weighted by molar-refractivity contribution is -0.150. The monoisotopic (exact) mass is 309 g/mol. The standard InChI is InChI=1S/C17H24ClNO2/c1-5-21-15(20)17(11-16(3,4)10-12(17)2)19-14-8-6-13(18)7-9-14/h6-9,12,19H,5,10-11H2,1-4H3. The van der Waals surface area contributed by atoms with Crippen LogP contribution in [0.2, 0.25) is 5.02 Å². The fourth-order valence-electron chi connectivity index (χ4n) is 3.55. The first-order valence-corrected chi connectivity index (χ1v) is 7.88. The second-order valence-corrected chi connectivity index (χ2v) is 7.21. The Kier molecular flexibility index (Phi) is 4.52. The molecule has 116 valence electrons. The van der Waals surface area contributed by atoms with Crippen molar-refractivity contribution in [3.05, 3.63) is 29.3 Å². The van der Waals surface area contributed by atoms with Crippen LogP contribution < -0.4 is 5.32 Å². The fourth-order valence-corrected chi connectivity index (χ4v) is 3.67. The number of nitrogens with one attached hydrogen (secondary N) is 1. The Labute approximate surface area is 132 Å². The number of esters is 1. The Hall–Kier alpha value is -1.22. The highest BCUT2D eigenvalue weighted by molar-refractivity contribution is 6.30. The van der Waals surface area contributed by atoms with E-state index in [0.717, 1.165) is 18.5 Å². The minimum Gasteiger partial charge on any atom is -0.464 e. The molecule has 0 spiro atoms. The normalized spacial score (nSPS) is 27.4. The van der Waals surface area contributed by atoms with E-state index in [1.54, 1.807) is 0 Å². The van der Waals surface area contributed by atoms with Crippen LogP contribution in [0.1, 0.15) is 40.5 Å². The van der Waals surface area contributed by atoms with Crippen LogP contribution in [0.4, 0.5) is 5.69 Å². The first-order chi connectivity index (χ1) is 9.79. The van der Waals surface area contributed by atoms with Crippen molar-refractivity contribution in [2.75, 3.05) is 11.9 Å². The van der Waals surface area contributed by atoms with Gasteiger partial charge < -0.3 is 10.1 Å². The molecule has 1 aliphatic rings. The van der Waals surface area contributed by atoms with Crippen molar-refractivity contribution in [1.82, 2.24) is 0 Å². The zero-order chi connectivity index (χ0) is 15.7. The van der Waals surface area contributed by atoms with Gasteiger partial charge in [-0.3, -0.25) is 0 Å². The maximum Gasteiger partial charge on any atom is 0.332 e. The number of benzene rings is 1. The molecule has 0 heterocycles. The van der Waals surface area contributed by atoms with Gasteiger partial charge in [-0.25, -0.2) is 4.79 Å². The summed E-state index contributed by atoms with van der Waals surface area (Å²) >= 11 is 5.93. The summed E-state index contributed by atoms with van der Waals surface area (Å²) in [6.45, 7) is 8.77. The van der Waals surface area contributed by atoms with Crippen molar-refractivity contribution in [1.29, 1.82) is 0 Å². The molecule has 0 aromatic heterocycles. The molecule has 2 rings (SSSR count). The molecule has 1 fully saturated rings. The summed E-state index contributed by atoms with van der Waals surface area (Å²) in [6.07, 6.45) is 1.76. The quantitative estimate of drug-likeness (QED) is 0.832. The topological polar surface area (TPSA) is 38.3 Å². The number of anilines is 1. The maximum atomic E-state index is 12.6. The van der Waals surface area contributed by atoms with Gasteiger partial charge in [-0.2, -0.15) is 0 Å². The summed E-state index contributed by atoms with van der Waals surface area (Å²) in [5.41, 5.74) is 0.357. The summed E-state index contributed by atoms with van der Waals surface area (Å²) in [6, 6.07) is 7.46. The number of ether oxygens (including phenoxy) is 1. The second-order valence-electron chi connectivity index (χ2n) is 6.77. The van der Waals surface area contributed by atoms with Gasteiger partial charge in [-0.1, -0.05) is 32.4 Å². The van der Waals surface area contributed by atoms with Crippen LogP contribution in [-0.4, -0.2) is 18.1 Å². The molecule has 1 N–H and O–H groups in total. The summed E-state index contributed by atoms with van der Waals surface area (Å²) in [4.78, 5) is 12.6. The van der Waals surface area contributed by atoms with Crippen molar-refractivity contribution >= 4 is 23.3 Å². The molecule has 1 saturated carbocycles. The Bertz CT molecular complexity index is 512. The van der Waals surface area contributed by atoms with Gasteiger partial charge in [0, 0.05) is 10.7 Å². The Balaban J connectivity index is 2.33. The first-order valence-electron chi connectivity index (χ1n) is 7.50. The molecule has 21 heavy (non-hydrogen) atoms. The smallest absolute Gasteiger partial charge is 0.332 e. The molecule has 1 aromatic rings. The average Bonchev–Trinajstić information content (AvgIpc) is 2.63. The minimum atomic E-state index is -0.659. The molecule has 0 bridgehead atoms. The number of halogens is 1. The van der Waals surface area contributed by atoms with E-state index >= 15 is 0 Å². The molecule has 2 atom stereocenters. The molecule has 1 aromatic carbocycles. The van der Waals surface area contributed by atoms with E-state index < -0.39 is 5.54 Å². The van der Waals surface area contributed by atoms with Gasteiger partial charge in [-0.05, 0) is 55.4 Å². The predicted octanol–water partition coefficient (Wildman–Crippen LogP) is 4.51. The minimum absolute atomic E-state index is 0.117. The molecule has 2 unspecified atom stereocenters. The summed E-state index contributed by atoms with van der Waals surface area (Å²) in [5, 5.41) is 4.12. The molecule has 4 heteroatoms. The van der Waals surface area contributed by atoms with E-state index in [1.165, 1.54) is 0 Å². The highest BCUT2D eigenvalue weighted by Gasteiger charge is 2.54. The van der Waals surface area contributed by atoms with Gasteiger partial charge in [0.1, 0.15) is 5.54 Å². The van der Waals surface area contributed by atoms with Gasteiger partial charge in [0.2, 0.25) is 0 Å². The van der Waals surface area contributed by atoms with Crippen LogP contribution in [0.15, 0.2) is 24.3 Å². The molecule has 0 amide bonds. The third-order valence-electron chi connectivity index (χ3n) is 4.31. The lowest BCUT2D eigenvalue weighted by atomic mass is 9.86. The SMILES string of the molecule is CCOC(=O)C1(Nc2ccc(Cl)cc2)CC(C)(C)CC1C. The summed E-state index contributed by atoms with van der Waals surface area (Å²) < 4.78 is 5.36. The third-order valence-corrected chi connectivity index (χ3v) is 4.56. The van der Waals surface area contributed by atoms with Crippen LogP contribution in [0.25, 0.3) is 0 Å². The molecule has 0 aliphatic heterocycles. The third kappa shape index (κ3) is 3.34. The Morgan fingerprint density at radius 2 is 2.00 bits per heavy atom. The average molecular weight is 310 g/mol. The van der Waals surface area contributed by atoms with Gasteiger partial charge in [0.05, 0.1) is 6.61 Å². The van der Waals surface area contributed by atoms with Gasteiger partial charge in [-0.15, -0.1) is 0 Å². The van der Waals surface area contributed by atoms with Crippen molar-refractivity contribution in [2.45, 2.75) is 46.1 Å². The lowest BCUT2D eigenvalue weighted by Crippen LogP contribution is -2.50.